The number of nitrogens with one attached hydrogen (secondary N) is 1. The molecule has 1 N–H and O–H groups in total. The lowest BCUT2D eigenvalue weighted by molar-refractivity contribution is -0.128. The van der Waals surface area contributed by atoms with E-state index in [0.717, 1.165) is 5.56 Å². The van der Waals surface area contributed by atoms with Crippen molar-refractivity contribution in [3.8, 4) is 12.1 Å². The number of benzene rings is 2. The zero-order valence-corrected chi connectivity index (χ0v) is 17.4. The van der Waals surface area contributed by atoms with E-state index in [-0.39, 0.29) is 11.9 Å². The zero-order valence-electron chi connectivity index (χ0n) is 15.0. The maximum atomic E-state index is 13.5. The Morgan fingerprint density at radius 3 is 2.62 bits per heavy atom. The van der Waals surface area contributed by atoms with E-state index < -0.39 is 16.9 Å². The molecule has 0 aromatic heterocycles. The van der Waals surface area contributed by atoms with E-state index >= 15 is 0 Å². The number of nitriles is 2. The molecule has 2 aromatic rings. The van der Waals surface area contributed by atoms with E-state index in [2.05, 4.69) is 17.5 Å². The molecular weight excluding hydrogens is 427 g/mol. The molecule has 0 bridgehead atoms. The van der Waals surface area contributed by atoms with E-state index in [0.29, 0.717) is 32.9 Å². The summed E-state index contributed by atoms with van der Waals surface area (Å²) in [5.41, 5.74) is -0.917. The van der Waals surface area contributed by atoms with Crippen molar-refractivity contribution >= 4 is 46.6 Å². The summed E-state index contributed by atoms with van der Waals surface area (Å²) in [6.45, 7) is 0. The Bertz CT molecular complexity index is 1130. The lowest BCUT2D eigenvalue weighted by atomic mass is 9.62. The molecule has 3 heterocycles. The van der Waals surface area contributed by atoms with Crippen LogP contribution in [0.3, 0.4) is 0 Å². The molecule has 5 nitrogen and oxygen atoms in total. The van der Waals surface area contributed by atoms with Crippen molar-refractivity contribution in [2.45, 2.75) is 17.5 Å². The molecule has 3 aliphatic heterocycles. The molecule has 3 atom stereocenters. The molecule has 8 heteroatoms. The van der Waals surface area contributed by atoms with Crippen LogP contribution < -0.4 is 5.32 Å². The van der Waals surface area contributed by atoms with Crippen LogP contribution in [0.5, 0.6) is 0 Å². The Balaban J connectivity index is 1.84. The second-order valence-corrected chi connectivity index (χ2v) is 9.24. The average Bonchev–Trinajstić information content (AvgIpc) is 3.37. The number of rotatable bonds is 1. The van der Waals surface area contributed by atoms with Crippen LogP contribution in [0, 0.1) is 28.1 Å². The topological polar surface area (TPSA) is 79.9 Å². The van der Waals surface area contributed by atoms with Crippen molar-refractivity contribution in [2.75, 3.05) is 16.9 Å². The van der Waals surface area contributed by atoms with Gasteiger partial charge in [-0.15, -0.1) is 11.8 Å². The Morgan fingerprint density at radius 2 is 1.90 bits per heavy atom. The number of hydrogen-bond donors (Lipinski definition) is 1. The largest absolute Gasteiger partial charge is 0.324 e. The van der Waals surface area contributed by atoms with Gasteiger partial charge < -0.3 is 5.32 Å². The summed E-state index contributed by atoms with van der Waals surface area (Å²) in [7, 11) is 0. The SMILES string of the molecule is N#CC1(C#N)[C@@H](c2ccc(Cl)c(Cl)c2)C2CSCN2[C@@]12C(=O)Nc1ccccc12. The van der Waals surface area contributed by atoms with Gasteiger partial charge in [0.05, 0.1) is 22.2 Å². The monoisotopic (exact) mass is 440 g/mol. The molecule has 2 saturated heterocycles. The number of thioether (sulfide) groups is 1. The number of carbonyl (C=O) groups is 1. The van der Waals surface area contributed by atoms with Crippen LogP contribution in [0.15, 0.2) is 42.5 Å². The van der Waals surface area contributed by atoms with Crippen molar-refractivity contribution in [2.24, 2.45) is 5.41 Å². The van der Waals surface area contributed by atoms with Crippen LogP contribution in [-0.2, 0) is 10.3 Å². The number of amides is 1. The maximum Gasteiger partial charge on any atom is 0.252 e. The lowest BCUT2D eigenvalue weighted by Crippen LogP contribution is -2.55. The number of para-hydroxylation sites is 1. The molecule has 144 valence electrons. The smallest absolute Gasteiger partial charge is 0.252 e. The van der Waals surface area contributed by atoms with Crippen molar-refractivity contribution in [1.29, 1.82) is 10.5 Å². The summed E-state index contributed by atoms with van der Waals surface area (Å²) in [5.74, 6) is 0.443. The minimum absolute atomic E-state index is 0.159. The minimum Gasteiger partial charge on any atom is -0.324 e. The first-order chi connectivity index (χ1) is 14.0. The van der Waals surface area contributed by atoms with Gasteiger partial charge in [-0.3, -0.25) is 9.69 Å². The molecule has 29 heavy (non-hydrogen) atoms. The highest BCUT2D eigenvalue weighted by atomic mass is 35.5. The van der Waals surface area contributed by atoms with Gasteiger partial charge in [-0.1, -0.05) is 47.5 Å². The summed E-state index contributed by atoms with van der Waals surface area (Å²) < 4.78 is 0. The standard InChI is InChI=1S/C21H14Cl2N4OS/c22-14-6-5-12(7-15(14)23)18-17-8-29-11-27(17)21(20(18,9-24)10-25)13-3-1-2-4-16(13)26-19(21)28/h1-7,17-18H,8,11H2,(H,26,28)/t17?,18-,21-/m0/s1. The van der Waals surface area contributed by atoms with Gasteiger partial charge in [-0.2, -0.15) is 10.5 Å². The van der Waals surface area contributed by atoms with E-state index in [1.807, 2.05) is 29.2 Å². The fourth-order valence-electron chi connectivity index (χ4n) is 5.24. The fraction of sp³-hybridized carbons (Fsp3) is 0.286. The lowest BCUT2D eigenvalue weighted by Gasteiger charge is -2.38. The molecule has 0 aliphatic carbocycles. The summed E-state index contributed by atoms with van der Waals surface area (Å²) in [4.78, 5) is 15.6. The van der Waals surface area contributed by atoms with Crippen molar-refractivity contribution < 1.29 is 4.79 Å². The first kappa shape index (κ1) is 18.8. The molecule has 0 radical (unpaired) electrons. The first-order valence-corrected chi connectivity index (χ1v) is 10.9. The van der Waals surface area contributed by atoms with Crippen molar-refractivity contribution in [3.63, 3.8) is 0 Å². The van der Waals surface area contributed by atoms with Crippen LogP contribution in [-0.4, -0.2) is 28.5 Å². The number of halogens is 2. The highest BCUT2D eigenvalue weighted by molar-refractivity contribution is 7.99. The van der Waals surface area contributed by atoms with E-state index in [1.165, 1.54) is 0 Å². The predicted octanol–water partition coefficient (Wildman–Crippen LogP) is 4.35. The third kappa shape index (κ3) is 2.13. The Morgan fingerprint density at radius 1 is 1.14 bits per heavy atom. The van der Waals surface area contributed by atoms with Crippen LogP contribution in [0.1, 0.15) is 17.0 Å². The number of carbonyl (C=O) groups excluding carboxylic acids is 1. The Labute approximate surface area is 182 Å². The van der Waals surface area contributed by atoms with Gasteiger partial charge in [0, 0.05) is 34.8 Å². The van der Waals surface area contributed by atoms with Gasteiger partial charge in [0.2, 0.25) is 0 Å². The van der Waals surface area contributed by atoms with Crippen LogP contribution >= 0.6 is 35.0 Å². The Hall–Kier alpha value is -2.22. The van der Waals surface area contributed by atoms with Crippen LogP contribution in [0.2, 0.25) is 10.0 Å². The quantitative estimate of drug-likeness (QED) is 0.712. The van der Waals surface area contributed by atoms with E-state index in [1.54, 1.807) is 30.0 Å². The molecule has 2 fully saturated rings. The van der Waals surface area contributed by atoms with E-state index in [9.17, 15) is 15.3 Å². The van der Waals surface area contributed by atoms with Crippen molar-refractivity contribution in [1.82, 2.24) is 4.90 Å². The third-order valence-corrected chi connectivity index (χ3v) is 8.10. The van der Waals surface area contributed by atoms with E-state index in [4.69, 9.17) is 23.2 Å². The van der Waals surface area contributed by atoms with Gasteiger partial charge in [0.15, 0.2) is 11.0 Å². The van der Waals surface area contributed by atoms with Gasteiger partial charge in [0.25, 0.3) is 5.91 Å². The summed E-state index contributed by atoms with van der Waals surface area (Å²) in [5, 5.41) is 24.6. The van der Waals surface area contributed by atoms with Crippen LogP contribution in [0.25, 0.3) is 0 Å². The molecule has 2 aromatic carbocycles. The van der Waals surface area contributed by atoms with Gasteiger partial charge in [-0.05, 0) is 23.8 Å². The van der Waals surface area contributed by atoms with Gasteiger partial charge in [0.1, 0.15) is 0 Å². The predicted molar refractivity (Wildman–Crippen MR) is 113 cm³/mol. The first-order valence-electron chi connectivity index (χ1n) is 9.04. The number of hydrogen-bond acceptors (Lipinski definition) is 5. The maximum absolute atomic E-state index is 13.5. The van der Waals surface area contributed by atoms with Gasteiger partial charge in [-0.25, -0.2) is 0 Å². The minimum atomic E-state index is -1.62. The molecule has 3 aliphatic rings. The summed E-state index contributed by atoms with van der Waals surface area (Å²) >= 11 is 14.1. The van der Waals surface area contributed by atoms with Crippen LogP contribution in [0.4, 0.5) is 5.69 Å². The molecule has 0 saturated carbocycles. The highest BCUT2D eigenvalue weighted by Gasteiger charge is 2.76. The number of fused-ring (bicyclic) bond motifs is 4. The second kappa shape index (κ2) is 6.39. The normalized spacial score (nSPS) is 29.2. The molecule has 1 spiro atoms. The Kier molecular flexibility index (Phi) is 4.14. The second-order valence-electron chi connectivity index (χ2n) is 7.43. The molecule has 1 amide bonds. The third-order valence-electron chi connectivity index (χ3n) is 6.32. The summed E-state index contributed by atoms with van der Waals surface area (Å²) in [6.07, 6.45) is 0. The zero-order chi connectivity index (χ0) is 20.4. The number of anilines is 1. The van der Waals surface area contributed by atoms with Crippen molar-refractivity contribution in [3.05, 3.63) is 63.6 Å². The fourth-order valence-corrected chi connectivity index (χ4v) is 6.85. The van der Waals surface area contributed by atoms with Gasteiger partial charge >= 0.3 is 0 Å². The average molecular weight is 441 g/mol. The summed E-state index contributed by atoms with van der Waals surface area (Å²) in [6, 6.07) is 17.0. The molecule has 5 rings (SSSR count). The number of nitrogens with zero attached hydrogens (tertiary/aromatic N) is 3. The molecule has 1 unspecified atom stereocenters. The highest BCUT2D eigenvalue weighted by Crippen LogP contribution is 2.66. The molecular formula is C21H14Cl2N4OS.